The molecular formula is C71H61IN2O12. The van der Waals surface area contributed by atoms with Gasteiger partial charge in [0.15, 0.2) is 11.8 Å². The molecule has 0 aliphatic heterocycles. The minimum Gasteiger partial charge on any atom is -0.478 e. The maximum Gasteiger partial charge on any atom is 0.337 e. The Bertz CT molecular complexity index is 3550. The molecule has 4 atom stereocenters. The average Bonchev–Trinajstić information content (AvgIpc) is 3.72. The zero-order valence-corrected chi connectivity index (χ0v) is 49.5. The number of aliphatic hydroxyl groups excluding tert-OH is 3. The fraction of sp³-hybridized carbons (Fsp3) is 0.127. The van der Waals surface area contributed by atoms with Gasteiger partial charge >= 0.3 is 17.9 Å². The number of aromatic carboxylic acids is 1. The number of aliphatic hydroxyl groups is 3. The van der Waals surface area contributed by atoms with Crippen LogP contribution in [-0.4, -0.2) is 101 Å². The van der Waals surface area contributed by atoms with Crippen LogP contribution in [0.1, 0.15) is 94.2 Å². The lowest BCUT2D eigenvalue weighted by atomic mass is 10.1. The highest BCUT2D eigenvalue weighted by Gasteiger charge is 2.27. The van der Waals surface area contributed by atoms with E-state index in [0.717, 1.165) is 42.5 Å². The third kappa shape index (κ3) is 25.0. The van der Waals surface area contributed by atoms with Gasteiger partial charge in [0.05, 0.1) is 37.6 Å². The van der Waals surface area contributed by atoms with Crippen molar-refractivity contribution >= 4 is 58.1 Å². The Hall–Kier alpha value is -10.4. The van der Waals surface area contributed by atoms with Crippen molar-refractivity contribution in [1.82, 2.24) is 10.6 Å². The van der Waals surface area contributed by atoms with E-state index in [-0.39, 0.29) is 11.5 Å². The summed E-state index contributed by atoms with van der Waals surface area (Å²) in [5, 5.41) is 41.7. The Balaban J connectivity index is 0.000000243. The van der Waals surface area contributed by atoms with Crippen LogP contribution in [0, 0.1) is 51.4 Å². The number of carboxylic acids is 1. The number of ketones is 1. The Kier molecular flexibility index (Phi) is 29.8. The largest absolute Gasteiger partial charge is 0.478 e. The molecule has 434 valence electrons. The van der Waals surface area contributed by atoms with Crippen LogP contribution < -0.4 is 10.6 Å². The third-order valence-electron chi connectivity index (χ3n) is 11.5. The highest BCUT2D eigenvalue weighted by Crippen LogP contribution is 2.10. The van der Waals surface area contributed by atoms with Gasteiger partial charge in [0.2, 0.25) is 0 Å². The summed E-state index contributed by atoms with van der Waals surface area (Å²) in [5.74, 6) is 17.1. The second kappa shape index (κ2) is 37.7. The van der Waals surface area contributed by atoms with E-state index in [2.05, 4.69) is 84.1 Å². The summed E-state index contributed by atoms with van der Waals surface area (Å²) >= 11 is 2.18. The smallest absolute Gasteiger partial charge is 0.337 e. The number of rotatable bonds is 11. The lowest BCUT2D eigenvalue weighted by Crippen LogP contribution is -2.48. The molecule has 86 heavy (non-hydrogen) atoms. The van der Waals surface area contributed by atoms with Gasteiger partial charge in [-0.2, -0.15) is 0 Å². The number of carbonyl (C=O) groups is 6. The first-order valence-electron chi connectivity index (χ1n) is 26.2. The molecule has 0 saturated heterocycles. The van der Waals surface area contributed by atoms with E-state index in [9.17, 15) is 39.0 Å². The number of nitrogens with one attached hydrogen (secondary N) is 2. The molecule has 8 rings (SSSR count). The number of ether oxygens (including phenoxy) is 2. The first-order valence-corrected chi connectivity index (χ1v) is 27.3. The summed E-state index contributed by atoms with van der Waals surface area (Å²) in [5.41, 5.74) is 7.55. The third-order valence-corrected chi connectivity index (χ3v) is 12.2. The lowest BCUT2D eigenvalue weighted by molar-refractivity contribution is -0.145. The zero-order valence-electron chi connectivity index (χ0n) is 47.3. The van der Waals surface area contributed by atoms with E-state index < -0.39 is 60.4 Å². The molecule has 0 aromatic heterocycles. The number of halogens is 1. The molecule has 8 aromatic rings. The number of terminal acetylenes is 1. The molecule has 0 unspecified atom stereocenters. The molecular weight excluding hydrogens is 1200 g/mol. The van der Waals surface area contributed by atoms with Crippen molar-refractivity contribution in [1.29, 1.82) is 0 Å². The highest BCUT2D eigenvalue weighted by atomic mass is 127. The van der Waals surface area contributed by atoms with Crippen molar-refractivity contribution in [2.75, 3.05) is 20.8 Å². The lowest BCUT2D eigenvalue weighted by Gasteiger charge is -2.19. The predicted molar refractivity (Wildman–Crippen MR) is 338 cm³/mol. The summed E-state index contributed by atoms with van der Waals surface area (Å²) in [6, 6.07) is 63.1. The van der Waals surface area contributed by atoms with Crippen molar-refractivity contribution in [3.05, 3.63) is 283 Å². The SMILES string of the molecule is C#Cc1ccccc1.COC(=O)[C@@H](NC(=O)c1ccc(C#Cc2ccccc2)cc1)[C@@H](C)O.COC(=O)c1ccc(I)cc1.C[C@@H](O)[C@H](NC(=O)c1ccc(C#Cc2ccccc2)cc1)C(=O)CO.O=C(O)c1ccc(C#Cc2ccccc2)cc1. The summed E-state index contributed by atoms with van der Waals surface area (Å²) in [4.78, 5) is 69.1. The van der Waals surface area contributed by atoms with Crippen LogP contribution in [0.4, 0.5) is 0 Å². The molecule has 0 heterocycles. The molecule has 2 amide bonds. The van der Waals surface area contributed by atoms with Gasteiger partial charge in [-0.05, 0) is 182 Å². The van der Waals surface area contributed by atoms with Gasteiger partial charge in [-0.15, -0.1) is 6.42 Å². The van der Waals surface area contributed by atoms with Gasteiger partial charge in [0.1, 0.15) is 12.6 Å². The van der Waals surface area contributed by atoms with E-state index >= 15 is 0 Å². The molecule has 15 heteroatoms. The first kappa shape index (κ1) is 68.1. The van der Waals surface area contributed by atoms with E-state index in [4.69, 9.17) is 16.6 Å². The van der Waals surface area contributed by atoms with Crippen molar-refractivity contribution in [3.8, 4) is 47.9 Å². The molecule has 6 N–H and O–H groups in total. The Morgan fingerprint density at radius 1 is 0.442 bits per heavy atom. The molecule has 0 aliphatic carbocycles. The van der Waals surface area contributed by atoms with E-state index in [1.165, 1.54) is 28.1 Å². The summed E-state index contributed by atoms with van der Waals surface area (Å²) in [6.45, 7) is 2.04. The summed E-state index contributed by atoms with van der Waals surface area (Å²) in [6.07, 6.45) is 2.94. The number of methoxy groups -OCH3 is 2. The summed E-state index contributed by atoms with van der Waals surface area (Å²) < 4.78 is 10.2. The fourth-order valence-corrected chi connectivity index (χ4v) is 7.22. The van der Waals surface area contributed by atoms with Crippen molar-refractivity contribution in [3.63, 3.8) is 0 Å². The van der Waals surface area contributed by atoms with Crippen LogP contribution in [0.2, 0.25) is 0 Å². The Morgan fingerprint density at radius 3 is 1.02 bits per heavy atom. The van der Waals surface area contributed by atoms with Gasteiger partial charge < -0.3 is 40.5 Å². The minimum atomic E-state index is -1.14. The van der Waals surface area contributed by atoms with Crippen LogP contribution in [0.5, 0.6) is 0 Å². The van der Waals surface area contributed by atoms with Gasteiger partial charge in [-0.3, -0.25) is 14.4 Å². The van der Waals surface area contributed by atoms with Crippen LogP contribution >= 0.6 is 22.6 Å². The number of Topliss-reactive ketones (excluding diaryl/α,β-unsaturated/α-hetero) is 1. The van der Waals surface area contributed by atoms with E-state index in [1.54, 1.807) is 84.9 Å². The molecule has 0 saturated carbocycles. The molecule has 0 radical (unpaired) electrons. The Morgan fingerprint density at radius 2 is 0.744 bits per heavy atom. The number of benzene rings is 8. The summed E-state index contributed by atoms with van der Waals surface area (Å²) in [7, 11) is 2.57. The fourth-order valence-electron chi connectivity index (χ4n) is 6.86. The molecule has 14 nitrogen and oxygen atoms in total. The average molecular weight is 1260 g/mol. The first-order chi connectivity index (χ1) is 41.4. The number of carbonyl (C=O) groups excluding carboxylic acids is 5. The number of carboxylic acid groups (broad SMARTS) is 1. The minimum absolute atomic E-state index is 0.273. The highest BCUT2D eigenvalue weighted by molar-refractivity contribution is 14.1. The maximum absolute atomic E-state index is 12.2. The molecule has 0 bridgehead atoms. The standard InChI is InChI=1S/2C20H19NO4.C15H10O2.C8H7IO2.C8H6/c1-14(22)18(20(24)25-2)21-19(23)17-12-10-16(11-13-17)9-8-15-6-4-3-5-7-15;1-14(23)19(18(24)13-22)21-20(25)17-11-9-16(10-12-17)8-7-15-5-3-2-4-6-15;16-15(17)14-10-8-13(9-11-14)7-6-12-4-2-1-3-5-12;1-11-8(10)6-2-4-7(9)5-3-6;1-2-8-6-4-3-5-7-8/h3-7,10-14,18,22H,1-2H3,(H,21,23);2-6,9-12,14,19,22-23H,13H2,1H3,(H,21,25);1-5,8-11H,(H,16,17);2-5H,1H3;1,3-7H/t14-,18+;14-,19+;;;/m11.../s1. The topological polar surface area (TPSA) is 226 Å². The number of amides is 2. The van der Waals surface area contributed by atoms with Gasteiger partial charge in [-0.1, -0.05) is 114 Å². The van der Waals surface area contributed by atoms with E-state index in [1.807, 2.05) is 133 Å². The van der Waals surface area contributed by atoms with Gasteiger partial charge in [-0.25, -0.2) is 14.4 Å². The van der Waals surface area contributed by atoms with Crippen LogP contribution in [-0.2, 0) is 19.1 Å². The number of hydrogen-bond acceptors (Lipinski definition) is 11. The van der Waals surface area contributed by atoms with E-state index in [0.29, 0.717) is 16.7 Å². The second-order valence-electron chi connectivity index (χ2n) is 17.9. The van der Waals surface area contributed by atoms with Crippen molar-refractivity contribution in [2.24, 2.45) is 0 Å². The van der Waals surface area contributed by atoms with Crippen molar-refractivity contribution < 1.29 is 58.7 Å². The predicted octanol–water partition coefficient (Wildman–Crippen LogP) is 9.40. The monoisotopic (exact) mass is 1260 g/mol. The quantitative estimate of drug-likeness (QED) is 0.0405. The maximum atomic E-state index is 12.2. The molecule has 0 fully saturated rings. The number of esters is 2. The van der Waals surface area contributed by atoms with Crippen LogP contribution in [0.3, 0.4) is 0 Å². The second-order valence-corrected chi connectivity index (χ2v) is 19.2. The zero-order chi connectivity index (χ0) is 62.6. The Labute approximate surface area is 514 Å². The van der Waals surface area contributed by atoms with Crippen LogP contribution in [0.25, 0.3) is 0 Å². The number of hydrogen-bond donors (Lipinski definition) is 6. The molecule has 0 spiro atoms. The normalized spacial score (nSPS) is 10.9. The molecule has 8 aromatic carbocycles. The van der Waals surface area contributed by atoms with Gasteiger partial charge in [0, 0.05) is 53.6 Å². The molecule has 0 aliphatic rings. The van der Waals surface area contributed by atoms with Crippen LogP contribution in [0.15, 0.2) is 218 Å². The van der Waals surface area contributed by atoms with Crippen molar-refractivity contribution in [2.45, 2.75) is 38.1 Å². The van der Waals surface area contributed by atoms with Gasteiger partial charge in [0.25, 0.3) is 11.8 Å².